The molecule has 0 heterocycles. The molecule has 72 valence electrons. The summed E-state index contributed by atoms with van der Waals surface area (Å²) in [6.07, 6.45) is 1.96. The minimum atomic E-state index is 0.146. The molecule has 1 atom stereocenters. The first-order valence-corrected chi connectivity index (χ1v) is 5.10. The van der Waals surface area contributed by atoms with Crippen LogP contribution >= 0.6 is 11.6 Å². The van der Waals surface area contributed by atoms with Crippen LogP contribution in [0.2, 0.25) is 5.02 Å². The summed E-state index contributed by atoms with van der Waals surface area (Å²) in [6, 6.07) is 6.10. The highest BCUT2D eigenvalue weighted by atomic mass is 35.5. The molecule has 0 spiro atoms. The molecule has 1 nitrogen and oxygen atoms in total. The van der Waals surface area contributed by atoms with Gasteiger partial charge in [-0.15, -0.1) is 0 Å². The Morgan fingerprint density at radius 3 is 2.62 bits per heavy atom. The largest absolute Gasteiger partial charge is 0.324 e. The second-order valence-corrected chi connectivity index (χ2v) is 3.65. The van der Waals surface area contributed by atoms with Crippen molar-refractivity contribution in [3.05, 3.63) is 34.3 Å². The maximum Gasteiger partial charge on any atom is 0.0408 e. The standard InChI is InChI=1S/C11H16ClN/c1-3-8-7-9(12)5-6-10(8)11(13)4-2/h5-7,11H,3-4,13H2,1-2H3. The van der Waals surface area contributed by atoms with E-state index >= 15 is 0 Å². The average Bonchev–Trinajstić information content (AvgIpc) is 2.16. The van der Waals surface area contributed by atoms with Crippen molar-refractivity contribution in [3.63, 3.8) is 0 Å². The Kier molecular flexibility index (Phi) is 3.76. The maximum atomic E-state index is 5.98. The topological polar surface area (TPSA) is 26.0 Å². The van der Waals surface area contributed by atoms with E-state index < -0.39 is 0 Å². The lowest BCUT2D eigenvalue weighted by Crippen LogP contribution is -2.10. The Labute approximate surface area is 84.9 Å². The highest BCUT2D eigenvalue weighted by molar-refractivity contribution is 6.30. The molecular formula is C11H16ClN. The summed E-state index contributed by atoms with van der Waals surface area (Å²) in [5.41, 5.74) is 8.47. The molecule has 0 fully saturated rings. The number of halogens is 1. The molecule has 13 heavy (non-hydrogen) atoms. The van der Waals surface area contributed by atoms with E-state index in [-0.39, 0.29) is 6.04 Å². The summed E-state index contributed by atoms with van der Waals surface area (Å²) in [6.45, 7) is 4.22. The SMILES string of the molecule is CCc1cc(Cl)ccc1C(N)CC. The van der Waals surface area contributed by atoms with Gasteiger partial charge in [-0.05, 0) is 36.1 Å². The smallest absolute Gasteiger partial charge is 0.0408 e. The van der Waals surface area contributed by atoms with Crippen LogP contribution in [0.1, 0.15) is 37.4 Å². The van der Waals surface area contributed by atoms with Crippen molar-refractivity contribution in [1.29, 1.82) is 0 Å². The average molecular weight is 198 g/mol. The summed E-state index contributed by atoms with van der Waals surface area (Å²) < 4.78 is 0. The van der Waals surface area contributed by atoms with Gasteiger partial charge < -0.3 is 5.73 Å². The van der Waals surface area contributed by atoms with Crippen molar-refractivity contribution in [2.45, 2.75) is 32.7 Å². The molecule has 0 amide bonds. The van der Waals surface area contributed by atoms with Gasteiger partial charge in [0.2, 0.25) is 0 Å². The third-order valence-corrected chi connectivity index (χ3v) is 2.56. The summed E-state index contributed by atoms with van der Waals surface area (Å²) >= 11 is 5.90. The molecule has 1 aromatic carbocycles. The highest BCUT2D eigenvalue weighted by Crippen LogP contribution is 2.22. The highest BCUT2D eigenvalue weighted by Gasteiger charge is 2.07. The Balaban J connectivity index is 3.05. The van der Waals surface area contributed by atoms with Crippen LogP contribution in [0, 0.1) is 0 Å². The van der Waals surface area contributed by atoms with E-state index in [1.54, 1.807) is 0 Å². The van der Waals surface area contributed by atoms with Crippen molar-refractivity contribution in [3.8, 4) is 0 Å². The molecule has 1 rings (SSSR count). The molecule has 0 saturated heterocycles. The van der Waals surface area contributed by atoms with Gasteiger partial charge in [-0.2, -0.15) is 0 Å². The molecule has 0 saturated carbocycles. The fourth-order valence-corrected chi connectivity index (χ4v) is 1.66. The van der Waals surface area contributed by atoms with Crippen molar-refractivity contribution in [2.24, 2.45) is 5.73 Å². The molecule has 0 aliphatic heterocycles. The Morgan fingerprint density at radius 2 is 2.08 bits per heavy atom. The third kappa shape index (κ3) is 2.45. The second kappa shape index (κ2) is 4.64. The van der Waals surface area contributed by atoms with E-state index in [2.05, 4.69) is 13.8 Å². The van der Waals surface area contributed by atoms with Crippen molar-refractivity contribution >= 4 is 11.6 Å². The summed E-state index contributed by atoms with van der Waals surface area (Å²) in [5, 5.41) is 0.795. The van der Waals surface area contributed by atoms with Gasteiger partial charge in [-0.3, -0.25) is 0 Å². The van der Waals surface area contributed by atoms with Crippen LogP contribution in [-0.2, 0) is 6.42 Å². The molecule has 2 heteroatoms. The van der Waals surface area contributed by atoms with Crippen LogP contribution in [0.25, 0.3) is 0 Å². The normalized spacial score (nSPS) is 12.9. The lowest BCUT2D eigenvalue weighted by Gasteiger charge is -2.14. The molecule has 2 N–H and O–H groups in total. The van der Waals surface area contributed by atoms with Gasteiger partial charge in [-0.25, -0.2) is 0 Å². The van der Waals surface area contributed by atoms with E-state index in [1.807, 2.05) is 18.2 Å². The van der Waals surface area contributed by atoms with E-state index in [0.717, 1.165) is 17.9 Å². The van der Waals surface area contributed by atoms with Crippen LogP contribution in [0.5, 0.6) is 0 Å². The van der Waals surface area contributed by atoms with Gasteiger partial charge in [0.1, 0.15) is 0 Å². The molecule has 0 aromatic heterocycles. The molecule has 0 bridgehead atoms. The quantitative estimate of drug-likeness (QED) is 0.791. The first-order chi connectivity index (χ1) is 6.19. The minimum Gasteiger partial charge on any atom is -0.324 e. The molecule has 0 radical (unpaired) electrons. The number of aryl methyl sites for hydroxylation is 1. The van der Waals surface area contributed by atoms with Crippen LogP contribution in [-0.4, -0.2) is 0 Å². The van der Waals surface area contributed by atoms with Gasteiger partial charge in [0, 0.05) is 11.1 Å². The monoisotopic (exact) mass is 197 g/mol. The summed E-state index contributed by atoms with van der Waals surface area (Å²) in [4.78, 5) is 0. The molecule has 1 unspecified atom stereocenters. The molecular weight excluding hydrogens is 182 g/mol. The number of hydrogen-bond donors (Lipinski definition) is 1. The zero-order chi connectivity index (χ0) is 9.84. The summed E-state index contributed by atoms with van der Waals surface area (Å²) in [7, 11) is 0. The Bertz CT molecular complexity index is 283. The van der Waals surface area contributed by atoms with E-state index in [9.17, 15) is 0 Å². The Hall–Kier alpha value is -0.530. The van der Waals surface area contributed by atoms with E-state index in [1.165, 1.54) is 11.1 Å². The minimum absolute atomic E-state index is 0.146. The predicted molar refractivity (Wildman–Crippen MR) is 58.0 cm³/mol. The number of rotatable bonds is 3. The van der Waals surface area contributed by atoms with Crippen LogP contribution < -0.4 is 5.73 Å². The lowest BCUT2D eigenvalue weighted by molar-refractivity contribution is 0.690. The first-order valence-electron chi connectivity index (χ1n) is 4.73. The molecule has 1 aromatic rings. The fourth-order valence-electron chi connectivity index (χ4n) is 1.46. The van der Waals surface area contributed by atoms with Gasteiger partial charge in [0.25, 0.3) is 0 Å². The molecule has 0 aliphatic rings. The van der Waals surface area contributed by atoms with E-state index in [0.29, 0.717) is 0 Å². The maximum absolute atomic E-state index is 5.98. The van der Waals surface area contributed by atoms with Gasteiger partial charge in [-0.1, -0.05) is 31.5 Å². The van der Waals surface area contributed by atoms with Crippen LogP contribution in [0.4, 0.5) is 0 Å². The molecule has 0 aliphatic carbocycles. The van der Waals surface area contributed by atoms with Gasteiger partial charge in [0.05, 0.1) is 0 Å². The zero-order valence-corrected chi connectivity index (χ0v) is 8.93. The predicted octanol–water partition coefficient (Wildman–Crippen LogP) is 3.31. The zero-order valence-electron chi connectivity index (χ0n) is 8.18. The van der Waals surface area contributed by atoms with Crippen LogP contribution in [0.3, 0.4) is 0 Å². The van der Waals surface area contributed by atoms with Crippen molar-refractivity contribution in [2.75, 3.05) is 0 Å². The number of benzene rings is 1. The number of hydrogen-bond acceptors (Lipinski definition) is 1. The third-order valence-electron chi connectivity index (χ3n) is 2.33. The second-order valence-electron chi connectivity index (χ2n) is 3.21. The van der Waals surface area contributed by atoms with Gasteiger partial charge in [0.15, 0.2) is 0 Å². The fraction of sp³-hybridized carbons (Fsp3) is 0.455. The van der Waals surface area contributed by atoms with Crippen LogP contribution in [0.15, 0.2) is 18.2 Å². The van der Waals surface area contributed by atoms with Crippen molar-refractivity contribution < 1.29 is 0 Å². The summed E-state index contributed by atoms with van der Waals surface area (Å²) in [5.74, 6) is 0. The lowest BCUT2D eigenvalue weighted by atomic mass is 9.98. The van der Waals surface area contributed by atoms with Gasteiger partial charge >= 0.3 is 0 Å². The Morgan fingerprint density at radius 1 is 1.38 bits per heavy atom. The first kappa shape index (κ1) is 10.6. The van der Waals surface area contributed by atoms with E-state index in [4.69, 9.17) is 17.3 Å². The van der Waals surface area contributed by atoms with Crippen molar-refractivity contribution in [1.82, 2.24) is 0 Å². The number of nitrogens with two attached hydrogens (primary N) is 1.